The van der Waals surface area contributed by atoms with Crippen LogP contribution in [-0.4, -0.2) is 16.7 Å². The molecule has 0 saturated carbocycles. The Balaban J connectivity index is 2.39. The quantitative estimate of drug-likeness (QED) is 0.622. The first-order valence-corrected chi connectivity index (χ1v) is 4.30. The van der Waals surface area contributed by atoms with Gasteiger partial charge in [-0.25, -0.2) is 0 Å². The van der Waals surface area contributed by atoms with Crippen LogP contribution in [0.3, 0.4) is 0 Å². The van der Waals surface area contributed by atoms with E-state index in [1.165, 1.54) is 4.90 Å². The van der Waals surface area contributed by atoms with E-state index in [1.807, 2.05) is 12.1 Å². The maximum absolute atomic E-state index is 11.7. The highest BCUT2D eigenvalue weighted by Crippen LogP contribution is 2.22. The van der Waals surface area contributed by atoms with E-state index < -0.39 is 0 Å². The second-order valence-electron chi connectivity index (χ2n) is 3.09. The Morgan fingerprint density at radius 1 is 1.43 bits per heavy atom. The van der Waals surface area contributed by atoms with Crippen LogP contribution in [0.25, 0.3) is 0 Å². The van der Waals surface area contributed by atoms with Crippen molar-refractivity contribution in [3.63, 3.8) is 0 Å². The first-order chi connectivity index (χ1) is 6.74. The predicted octanol–water partition coefficient (Wildman–Crippen LogP) is 1.35. The van der Waals surface area contributed by atoms with Gasteiger partial charge in [0.15, 0.2) is 0 Å². The summed E-state index contributed by atoms with van der Waals surface area (Å²) >= 11 is 0. The molecule has 0 saturated heterocycles. The number of fused-ring (bicyclic) bond motifs is 1. The lowest BCUT2D eigenvalue weighted by molar-refractivity contribution is -0.123. The zero-order valence-corrected chi connectivity index (χ0v) is 7.56. The summed E-state index contributed by atoms with van der Waals surface area (Å²) in [5, 5.41) is 0. The second-order valence-corrected chi connectivity index (χ2v) is 3.09. The van der Waals surface area contributed by atoms with E-state index in [0.717, 1.165) is 11.6 Å². The van der Waals surface area contributed by atoms with Crippen LogP contribution in [0.15, 0.2) is 36.9 Å². The molecule has 0 radical (unpaired) electrons. The van der Waals surface area contributed by atoms with Gasteiger partial charge < -0.3 is 0 Å². The summed E-state index contributed by atoms with van der Waals surface area (Å²) < 4.78 is 0. The molecule has 2 rings (SSSR count). The van der Waals surface area contributed by atoms with Crippen molar-refractivity contribution in [3.8, 4) is 0 Å². The van der Waals surface area contributed by atoms with Gasteiger partial charge in [0.2, 0.25) is 0 Å². The minimum absolute atomic E-state index is 0.231. The Labute approximate surface area is 81.6 Å². The molecule has 0 N–H and O–H groups in total. The number of carbonyl (C=O) groups excluding carboxylic acids is 2. The van der Waals surface area contributed by atoms with Crippen LogP contribution in [0.1, 0.15) is 15.9 Å². The summed E-state index contributed by atoms with van der Waals surface area (Å²) in [6, 6.07) is 7.23. The Morgan fingerprint density at radius 3 is 2.79 bits per heavy atom. The molecule has 1 aliphatic rings. The smallest absolute Gasteiger partial charge is 0.261 e. The molecule has 1 aromatic rings. The lowest BCUT2D eigenvalue weighted by atomic mass is 10.1. The molecule has 0 atom stereocenters. The topological polar surface area (TPSA) is 37.4 Å². The minimum atomic E-state index is -0.341. The van der Waals surface area contributed by atoms with E-state index >= 15 is 0 Å². The summed E-state index contributed by atoms with van der Waals surface area (Å²) in [5.74, 6) is -0.572. The van der Waals surface area contributed by atoms with Crippen molar-refractivity contribution in [3.05, 3.63) is 48.0 Å². The van der Waals surface area contributed by atoms with Crippen molar-refractivity contribution in [1.29, 1.82) is 0 Å². The predicted molar refractivity (Wildman–Crippen MR) is 51.5 cm³/mol. The zero-order chi connectivity index (χ0) is 10.1. The highest BCUT2D eigenvalue weighted by atomic mass is 16.2. The average Bonchev–Trinajstić information content (AvgIpc) is 2.56. The van der Waals surface area contributed by atoms with Crippen molar-refractivity contribution in [2.75, 3.05) is 0 Å². The van der Waals surface area contributed by atoms with Crippen LogP contribution < -0.4 is 0 Å². The molecule has 1 aromatic carbocycles. The molecule has 1 heterocycles. The van der Waals surface area contributed by atoms with Crippen LogP contribution in [0.2, 0.25) is 0 Å². The van der Waals surface area contributed by atoms with Crippen molar-refractivity contribution in [2.45, 2.75) is 6.54 Å². The molecule has 3 heteroatoms. The summed E-state index contributed by atoms with van der Waals surface area (Å²) in [6.45, 7) is 3.72. The van der Waals surface area contributed by atoms with Crippen molar-refractivity contribution in [2.24, 2.45) is 0 Å². The summed E-state index contributed by atoms with van der Waals surface area (Å²) in [6.07, 6.45) is 1.16. The van der Waals surface area contributed by atoms with E-state index in [-0.39, 0.29) is 11.8 Å². The maximum atomic E-state index is 11.7. The van der Waals surface area contributed by atoms with Crippen molar-refractivity contribution < 1.29 is 9.59 Å². The van der Waals surface area contributed by atoms with E-state index in [9.17, 15) is 9.59 Å². The average molecular weight is 187 g/mol. The van der Waals surface area contributed by atoms with Crippen molar-refractivity contribution >= 4 is 11.8 Å². The molecule has 3 nitrogen and oxygen atoms in total. The number of hydrogen-bond donors (Lipinski definition) is 0. The Bertz CT molecular complexity index is 423. The number of nitrogens with zero attached hydrogens (tertiary/aromatic N) is 1. The molecule has 0 bridgehead atoms. The normalized spacial score (nSPS) is 14.0. The van der Waals surface area contributed by atoms with Gasteiger partial charge in [0.25, 0.3) is 11.8 Å². The van der Waals surface area contributed by atoms with Gasteiger partial charge in [0, 0.05) is 5.56 Å². The molecule has 0 spiro atoms. The summed E-state index contributed by atoms with van der Waals surface area (Å²) in [4.78, 5) is 24.1. The SMILES string of the molecule is C=CC(=O)N1Cc2ccccc2C1=O. The molecule has 70 valence electrons. The third-order valence-corrected chi connectivity index (χ3v) is 2.26. The third kappa shape index (κ3) is 1.14. The maximum Gasteiger partial charge on any atom is 0.261 e. The van der Waals surface area contributed by atoms with E-state index in [1.54, 1.807) is 12.1 Å². The highest BCUT2D eigenvalue weighted by Gasteiger charge is 2.29. The third-order valence-electron chi connectivity index (χ3n) is 2.26. The molecule has 2 amide bonds. The van der Waals surface area contributed by atoms with Crippen LogP contribution in [0.4, 0.5) is 0 Å². The fourth-order valence-electron chi connectivity index (χ4n) is 1.54. The Kier molecular flexibility index (Phi) is 1.93. The van der Waals surface area contributed by atoms with Crippen LogP contribution >= 0.6 is 0 Å². The van der Waals surface area contributed by atoms with Gasteiger partial charge in [0.05, 0.1) is 6.54 Å². The first-order valence-electron chi connectivity index (χ1n) is 4.30. The van der Waals surface area contributed by atoms with Gasteiger partial charge >= 0.3 is 0 Å². The zero-order valence-electron chi connectivity index (χ0n) is 7.56. The van der Waals surface area contributed by atoms with Crippen LogP contribution in [-0.2, 0) is 11.3 Å². The number of hydrogen-bond acceptors (Lipinski definition) is 2. The van der Waals surface area contributed by atoms with Gasteiger partial charge in [0.1, 0.15) is 0 Å². The monoisotopic (exact) mass is 187 g/mol. The molecule has 1 aliphatic heterocycles. The van der Waals surface area contributed by atoms with Gasteiger partial charge in [-0.05, 0) is 17.7 Å². The van der Waals surface area contributed by atoms with E-state index in [4.69, 9.17) is 0 Å². The van der Waals surface area contributed by atoms with Gasteiger partial charge in [-0.15, -0.1) is 0 Å². The molecular formula is C11H9NO2. The lowest BCUT2D eigenvalue weighted by Crippen LogP contribution is -2.29. The van der Waals surface area contributed by atoms with Gasteiger partial charge in [-0.2, -0.15) is 0 Å². The van der Waals surface area contributed by atoms with Gasteiger partial charge in [-0.1, -0.05) is 24.8 Å². The Morgan fingerprint density at radius 2 is 2.14 bits per heavy atom. The number of amides is 2. The largest absolute Gasteiger partial charge is 0.270 e. The van der Waals surface area contributed by atoms with Crippen molar-refractivity contribution in [1.82, 2.24) is 4.90 Å². The van der Waals surface area contributed by atoms with E-state index in [2.05, 4.69) is 6.58 Å². The molecule has 0 unspecified atom stereocenters. The lowest BCUT2D eigenvalue weighted by Gasteiger charge is -2.09. The fourth-order valence-corrected chi connectivity index (χ4v) is 1.54. The van der Waals surface area contributed by atoms with Crippen LogP contribution in [0, 0.1) is 0 Å². The second kappa shape index (κ2) is 3.10. The minimum Gasteiger partial charge on any atom is -0.270 e. The molecular weight excluding hydrogens is 178 g/mol. The molecule has 0 aliphatic carbocycles. The number of rotatable bonds is 1. The summed E-state index contributed by atoms with van der Waals surface area (Å²) in [5.41, 5.74) is 1.51. The standard InChI is InChI=1S/C11H9NO2/c1-2-10(13)12-7-8-5-3-4-6-9(8)11(12)14/h2-6H,1,7H2. The molecule has 0 fully saturated rings. The first kappa shape index (κ1) is 8.69. The van der Waals surface area contributed by atoms with Crippen LogP contribution in [0.5, 0.6) is 0 Å². The number of imide groups is 1. The highest BCUT2D eigenvalue weighted by molar-refractivity contribution is 6.10. The van der Waals surface area contributed by atoms with E-state index in [0.29, 0.717) is 12.1 Å². The van der Waals surface area contributed by atoms with Gasteiger partial charge in [-0.3, -0.25) is 14.5 Å². The number of carbonyl (C=O) groups is 2. The Hall–Kier alpha value is -1.90. The fraction of sp³-hybridized carbons (Fsp3) is 0.0909. The summed E-state index contributed by atoms with van der Waals surface area (Å²) in [7, 11) is 0. The number of benzene rings is 1. The molecule has 0 aromatic heterocycles. The molecule has 14 heavy (non-hydrogen) atoms.